The second-order valence-corrected chi connectivity index (χ2v) is 4.90. The number of nitrogens with two attached hydrogens (primary N) is 1. The van der Waals surface area contributed by atoms with Crippen LogP contribution in [0.4, 0.5) is 10.5 Å². The number of rotatable bonds is 3. The van der Waals surface area contributed by atoms with Crippen molar-refractivity contribution in [2.75, 3.05) is 5.32 Å². The Kier molecular flexibility index (Phi) is 4.76. The average Bonchev–Trinajstić information content (AvgIpc) is 2.47. The second kappa shape index (κ2) is 6.75. The van der Waals surface area contributed by atoms with Crippen LogP contribution in [0.3, 0.4) is 0 Å². The zero-order valence-electron chi connectivity index (χ0n) is 11.3. The third kappa shape index (κ3) is 4.12. The van der Waals surface area contributed by atoms with E-state index >= 15 is 0 Å². The Hall–Kier alpha value is -2.30. The average molecular weight is 273 g/mol. The van der Waals surface area contributed by atoms with Gasteiger partial charge in [0.1, 0.15) is 0 Å². The molecular formula is C15H19N3O2. The third-order valence-electron chi connectivity index (χ3n) is 3.33. The van der Waals surface area contributed by atoms with Crippen LogP contribution in [-0.4, -0.2) is 11.9 Å². The number of hydrogen-bond acceptors (Lipinski definition) is 2. The molecule has 0 atom stereocenters. The van der Waals surface area contributed by atoms with E-state index in [1.165, 1.54) is 24.8 Å². The molecule has 20 heavy (non-hydrogen) atoms. The number of benzene rings is 1. The van der Waals surface area contributed by atoms with Gasteiger partial charge in [0.15, 0.2) is 0 Å². The van der Waals surface area contributed by atoms with Gasteiger partial charge in [0, 0.05) is 17.5 Å². The van der Waals surface area contributed by atoms with E-state index in [9.17, 15) is 9.59 Å². The van der Waals surface area contributed by atoms with E-state index in [2.05, 4.69) is 10.6 Å². The van der Waals surface area contributed by atoms with Gasteiger partial charge in [0.05, 0.1) is 0 Å². The van der Waals surface area contributed by atoms with Gasteiger partial charge in [0.2, 0.25) is 5.91 Å². The first-order chi connectivity index (χ1) is 9.65. The summed E-state index contributed by atoms with van der Waals surface area (Å²) in [6.07, 6.45) is 7.59. The highest BCUT2D eigenvalue weighted by molar-refractivity contribution is 5.94. The fourth-order valence-corrected chi connectivity index (χ4v) is 2.20. The van der Waals surface area contributed by atoms with Crippen molar-refractivity contribution in [3.8, 4) is 0 Å². The summed E-state index contributed by atoms with van der Waals surface area (Å²) in [4.78, 5) is 22.6. The van der Waals surface area contributed by atoms with E-state index < -0.39 is 5.91 Å². The molecule has 1 aliphatic rings. The highest BCUT2D eigenvalue weighted by Crippen LogP contribution is 2.21. The number of amides is 3. The topological polar surface area (TPSA) is 84.2 Å². The summed E-state index contributed by atoms with van der Waals surface area (Å²) in [6.45, 7) is 0. The van der Waals surface area contributed by atoms with E-state index in [0.717, 1.165) is 12.8 Å². The molecule has 0 spiro atoms. The van der Waals surface area contributed by atoms with Gasteiger partial charge in [0.25, 0.3) is 0 Å². The first-order valence-electron chi connectivity index (χ1n) is 6.80. The minimum atomic E-state index is -0.483. The van der Waals surface area contributed by atoms with Crippen LogP contribution in [-0.2, 0) is 0 Å². The molecule has 1 aromatic rings. The summed E-state index contributed by atoms with van der Waals surface area (Å²) in [5.41, 5.74) is 7.47. The minimum Gasteiger partial charge on any atom is -0.366 e. The molecule has 5 heteroatoms. The lowest BCUT2D eigenvalue weighted by atomic mass is 9.96. The van der Waals surface area contributed by atoms with Crippen LogP contribution in [0.25, 0.3) is 0 Å². The molecule has 1 saturated carbocycles. The molecule has 0 unspecified atom stereocenters. The van der Waals surface area contributed by atoms with Crippen LogP contribution in [0, 0.1) is 0 Å². The van der Waals surface area contributed by atoms with Gasteiger partial charge in [-0.2, -0.15) is 0 Å². The van der Waals surface area contributed by atoms with Crippen molar-refractivity contribution in [3.05, 3.63) is 41.6 Å². The molecule has 2 rings (SSSR count). The Morgan fingerprint density at radius 2 is 1.70 bits per heavy atom. The predicted molar refractivity (Wildman–Crippen MR) is 78.3 cm³/mol. The van der Waals surface area contributed by atoms with E-state index in [-0.39, 0.29) is 6.03 Å². The summed E-state index contributed by atoms with van der Waals surface area (Å²) in [5.74, 6) is -0.483. The molecule has 1 aliphatic carbocycles. The van der Waals surface area contributed by atoms with Gasteiger partial charge in [-0.3, -0.25) is 4.79 Å². The summed E-state index contributed by atoms with van der Waals surface area (Å²) >= 11 is 0. The van der Waals surface area contributed by atoms with Crippen LogP contribution >= 0.6 is 0 Å². The SMILES string of the molecule is NC(=O)c1ccc(NC(=O)NC=C2CCCCC2)cc1. The van der Waals surface area contributed by atoms with Gasteiger partial charge < -0.3 is 16.4 Å². The molecule has 5 nitrogen and oxygen atoms in total. The smallest absolute Gasteiger partial charge is 0.323 e. The largest absolute Gasteiger partial charge is 0.366 e. The number of hydrogen-bond donors (Lipinski definition) is 3. The Balaban J connectivity index is 1.86. The quantitative estimate of drug-likeness (QED) is 0.791. The normalized spacial score (nSPS) is 14.5. The molecule has 1 aromatic carbocycles. The summed E-state index contributed by atoms with van der Waals surface area (Å²) in [5, 5.41) is 5.44. The molecule has 3 amide bonds. The van der Waals surface area contributed by atoms with Crippen molar-refractivity contribution >= 4 is 17.6 Å². The first-order valence-corrected chi connectivity index (χ1v) is 6.80. The van der Waals surface area contributed by atoms with E-state index in [4.69, 9.17) is 5.73 Å². The van der Waals surface area contributed by atoms with Crippen LogP contribution < -0.4 is 16.4 Å². The van der Waals surface area contributed by atoms with Gasteiger partial charge in [-0.25, -0.2) is 4.79 Å². The second-order valence-electron chi connectivity index (χ2n) is 4.90. The standard InChI is InChI=1S/C15H19N3O2/c16-14(19)12-6-8-13(9-7-12)18-15(20)17-10-11-4-2-1-3-5-11/h6-10H,1-5H2,(H2,16,19)(H2,17,18,20). The fourth-order valence-electron chi connectivity index (χ4n) is 2.20. The number of allylic oxidation sites excluding steroid dienone is 1. The lowest BCUT2D eigenvalue weighted by Gasteiger charge is -2.13. The van der Waals surface area contributed by atoms with Crippen molar-refractivity contribution in [2.45, 2.75) is 32.1 Å². The zero-order chi connectivity index (χ0) is 14.4. The maximum absolute atomic E-state index is 11.7. The molecule has 0 heterocycles. The van der Waals surface area contributed by atoms with Crippen LogP contribution in [0.1, 0.15) is 42.5 Å². The van der Waals surface area contributed by atoms with Crippen molar-refractivity contribution < 1.29 is 9.59 Å². The monoisotopic (exact) mass is 273 g/mol. The maximum Gasteiger partial charge on any atom is 0.323 e. The van der Waals surface area contributed by atoms with Crippen molar-refractivity contribution in [2.24, 2.45) is 5.73 Å². The number of nitrogens with one attached hydrogen (secondary N) is 2. The van der Waals surface area contributed by atoms with E-state index in [1.54, 1.807) is 30.5 Å². The number of carbonyl (C=O) groups is 2. The van der Waals surface area contributed by atoms with Crippen LogP contribution in [0.5, 0.6) is 0 Å². The Bertz CT molecular complexity index is 512. The van der Waals surface area contributed by atoms with E-state index in [0.29, 0.717) is 11.3 Å². The Morgan fingerprint density at radius 1 is 1.05 bits per heavy atom. The number of anilines is 1. The molecule has 4 N–H and O–H groups in total. The van der Waals surface area contributed by atoms with Crippen LogP contribution in [0.2, 0.25) is 0 Å². The molecule has 1 fully saturated rings. The van der Waals surface area contributed by atoms with Crippen molar-refractivity contribution in [1.29, 1.82) is 0 Å². The number of carbonyl (C=O) groups excluding carboxylic acids is 2. The molecule has 0 aromatic heterocycles. The Morgan fingerprint density at radius 3 is 2.30 bits per heavy atom. The van der Waals surface area contributed by atoms with Gasteiger partial charge in [-0.05, 0) is 49.9 Å². The number of primary amides is 1. The van der Waals surface area contributed by atoms with Crippen molar-refractivity contribution in [1.82, 2.24) is 5.32 Å². The molecular weight excluding hydrogens is 254 g/mol. The third-order valence-corrected chi connectivity index (χ3v) is 3.33. The zero-order valence-corrected chi connectivity index (χ0v) is 11.3. The molecule has 106 valence electrons. The number of urea groups is 1. The lowest BCUT2D eigenvalue weighted by molar-refractivity contribution is 0.100. The van der Waals surface area contributed by atoms with Gasteiger partial charge >= 0.3 is 6.03 Å². The molecule has 0 aliphatic heterocycles. The van der Waals surface area contributed by atoms with E-state index in [1.807, 2.05) is 0 Å². The highest BCUT2D eigenvalue weighted by Gasteiger charge is 2.06. The van der Waals surface area contributed by atoms with Gasteiger partial charge in [-0.1, -0.05) is 12.0 Å². The fraction of sp³-hybridized carbons (Fsp3) is 0.333. The molecule has 0 saturated heterocycles. The molecule has 0 radical (unpaired) electrons. The molecule has 0 bridgehead atoms. The Labute approximate surface area is 118 Å². The summed E-state index contributed by atoms with van der Waals surface area (Å²) in [6, 6.07) is 6.17. The summed E-state index contributed by atoms with van der Waals surface area (Å²) < 4.78 is 0. The highest BCUT2D eigenvalue weighted by atomic mass is 16.2. The van der Waals surface area contributed by atoms with Gasteiger partial charge in [-0.15, -0.1) is 0 Å². The predicted octanol–water partition coefficient (Wildman–Crippen LogP) is 2.76. The van der Waals surface area contributed by atoms with Crippen LogP contribution in [0.15, 0.2) is 36.0 Å². The maximum atomic E-state index is 11.7. The van der Waals surface area contributed by atoms with Crippen molar-refractivity contribution in [3.63, 3.8) is 0 Å². The summed E-state index contributed by atoms with van der Waals surface area (Å²) in [7, 11) is 0. The minimum absolute atomic E-state index is 0.283. The first kappa shape index (κ1) is 14.1. The lowest BCUT2D eigenvalue weighted by Crippen LogP contribution is -2.24.